The van der Waals surface area contributed by atoms with E-state index in [9.17, 15) is 8.42 Å². The van der Waals surface area contributed by atoms with Gasteiger partial charge in [0.25, 0.3) is 10.0 Å². The van der Waals surface area contributed by atoms with Gasteiger partial charge in [0.15, 0.2) is 17.2 Å². The fraction of sp³-hybridized carbons (Fsp3) is 0.143. The van der Waals surface area contributed by atoms with Gasteiger partial charge in [-0.05, 0) is 36.6 Å². The van der Waals surface area contributed by atoms with Gasteiger partial charge < -0.3 is 4.74 Å². The minimum atomic E-state index is -3.81. The number of hydrogen-bond acceptors (Lipinski definition) is 8. The maximum absolute atomic E-state index is 12.3. The highest BCUT2D eigenvalue weighted by atomic mass is 32.2. The number of anilines is 1. The summed E-state index contributed by atoms with van der Waals surface area (Å²) in [4.78, 5) is 4.23. The molecule has 1 aromatic carbocycles. The molecule has 0 saturated carbocycles. The number of amidine groups is 1. The van der Waals surface area contributed by atoms with Crippen molar-refractivity contribution in [2.75, 3.05) is 18.1 Å². The van der Waals surface area contributed by atoms with Gasteiger partial charge >= 0.3 is 0 Å². The molecule has 130 valence electrons. The normalized spacial score (nSPS) is 11.5. The Kier molecular flexibility index (Phi) is 6.15. The third kappa shape index (κ3) is 5.07. The molecule has 2 rings (SSSR count). The molecule has 0 aliphatic carbocycles. The summed E-state index contributed by atoms with van der Waals surface area (Å²) in [7, 11) is -2.37. The van der Waals surface area contributed by atoms with E-state index in [4.69, 9.17) is 10.00 Å². The van der Waals surface area contributed by atoms with E-state index in [-0.39, 0.29) is 16.6 Å². The van der Waals surface area contributed by atoms with Crippen molar-refractivity contribution in [1.82, 2.24) is 15.5 Å². The summed E-state index contributed by atoms with van der Waals surface area (Å²) in [6.45, 7) is 0. The van der Waals surface area contributed by atoms with Gasteiger partial charge in [-0.2, -0.15) is 5.26 Å². The van der Waals surface area contributed by atoms with Gasteiger partial charge in [-0.25, -0.2) is 13.4 Å². The van der Waals surface area contributed by atoms with Crippen LogP contribution in [0.3, 0.4) is 0 Å². The van der Waals surface area contributed by atoms with Crippen LogP contribution in [-0.4, -0.2) is 37.1 Å². The van der Waals surface area contributed by atoms with Gasteiger partial charge in [0.2, 0.25) is 5.88 Å². The van der Waals surface area contributed by atoms with E-state index in [1.165, 1.54) is 55.3 Å². The van der Waals surface area contributed by atoms with Crippen molar-refractivity contribution in [2.24, 2.45) is 4.99 Å². The van der Waals surface area contributed by atoms with Crippen LogP contribution in [0.15, 0.2) is 46.3 Å². The molecule has 0 spiro atoms. The second-order valence-corrected chi connectivity index (χ2v) is 6.90. The van der Waals surface area contributed by atoms with E-state index in [1.54, 1.807) is 12.4 Å². The molecule has 0 aliphatic rings. The molecule has 9 nitrogen and oxygen atoms in total. The number of aliphatic imine (C=N–C) groups is 1. The largest absolute Gasteiger partial charge is 0.480 e. The average Bonchev–Trinajstić information content (AvgIpc) is 2.62. The third-order valence-corrected chi connectivity index (χ3v) is 4.77. The molecule has 2 N–H and O–H groups in total. The zero-order valence-electron chi connectivity index (χ0n) is 13.3. The van der Waals surface area contributed by atoms with E-state index in [0.29, 0.717) is 10.9 Å². The summed E-state index contributed by atoms with van der Waals surface area (Å²) in [5.74, 6) is 0.353. The lowest BCUT2D eigenvalue weighted by atomic mass is 10.3. The van der Waals surface area contributed by atoms with E-state index in [1.807, 2.05) is 0 Å². The number of nitriles is 1. The van der Waals surface area contributed by atoms with Gasteiger partial charge in [0, 0.05) is 6.07 Å². The molecule has 0 atom stereocenters. The third-order valence-electron chi connectivity index (χ3n) is 2.82. The Morgan fingerprint density at radius 3 is 2.48 bits per heavy atom. The number of rotatable bonds is 5. The van der Waals surface area contributed by atoms with Crippen LogP contribution >= 0.6 is 11.8 Å². The van der Waals surface area contributed by atoms with E-state index < -0.39 is 10.0 Å². The van der Waals surface area contributed by atoms with Crippen molar-refractivity contribution < 1.29 is 13.2 Å². The first kappa shape index (κ1) is 18.5. The topological polar surface area (TPSA) is 129 Å². The van der Waals surface area contributed by atoms with E-state index in [0.717, 1.165) is 0 Å². The van der Waals surface area contributed by atoms with Crippen LogP contribution in [-0.2, 0) is 10.0 Å². The predicted octanol–water partition coefficient (Wildman–Crippen LogP) is 1.71. The fourth-order valence-corrected chi connectivity index (χ4v) is 3.01. The van der Waals surface area contributed by atoms with Crippen LogP contribution in [0.1, 0.15) is 0 Å². The van der Waals surface area contributed by atoms with Crippen LogP contribution in [0.25, 0.3) is 0 Å². The Balaban J connectivity index is 2.18. The van der Waals surface area contributed by atoms with Gasteiger partial charge in [-0.3, -0.25) is 10.0 Å². The molecule has 0 fully saturated rings. The molecule has 25 heavy (non-hydrogen) atoms. The number of hydrogen-bond donors (Lipinski definition) is 2. The first-order valence-corrected chi connectivity index (χ1v) is 9.47. The monoisotopic (exact) mass is 378 g/mol. The number of thioether (sulfide) groups is 1. The van der Waals surface area contributed by atoms with Crippen molar-refractivity contribution >= 4 is 38.5 Å². The van der Waals surface area contributed by atoms with Gasteiger partial charge in [-0.15, -0.1) is 10.2 Å². The molecule has 0 aliphatic heterocycles. The lowest BCUT2D eigenvalue weighted by Crippen LogP contribution is -2.14. The van der Waals surface area contributed by atoms with E-state index >= 15 is 0 Å². The van der Waals surface area contributed by atoms with Crippen molar-refractivity contribution in [3.05, 3.63) is 36.4 Å². The van der Waals surface area contributed by atoms with Gasteiger partial charge in [-0.1, -0.05) is 11.8 Å². The minimum Gasteiger partial charge on any atom is -0.480 e. The molecule has 0 unspecified atom stereocenters. The number of sulfonamides is 1. The first-order chi connectivity index (χ1) is 12.0. The SMILES string of the molecule is COc1ccc(NS(=O)(=O)c2ccc(N=C(NC#N)SC)cc2)nn1. The van der Waals surface area contributed by atoms with Crippen LogP contribution in [0.5, 0.6) is 5.88 Å². The second kappa shape index (κ2) is 8.32. The standard InChI is InChI=1S/C14H14N6O3S2/c1-23-13-8-7-12(18-19-13)20-25(21,22)11-5-3-10(4-6-11)17-14(24-2)16-9-15/h3-8H,1-2H3,(H,16,17)(H,18,20). The molecule has 2 aromatic rings. The molecule has 0 amide bonds. The highest BCUT2D eigenvalue weighted by Crippen LogP contribution is 2.20. The van der Waals surface area contributed by atoms with Crippen molar-refractivity contribution in [1.29, 1.82) is 5.26 Å². The van der Waals surface area contributed by atoms with Gasteiger partial charge in [0.1, 0.15) is 0 Å². The van der Waals surface area contributed by atoms with Crippen LogP contribution in [0.2, 0.25) is 0 Å². The predicted molar refractivity (Wildman–Crippen MR) is 95.2 cm³/mol. The smallest absolute Gasteiger partial charge is 0.263 e. The quantitative estimate of drug-likeness (QED) is 0.348. The summed E-state index contributed by atoms with van der Waals surface area (Å²) in [5, 5.41) is 18.9. The number of ether oxygens (including phenoxy) is 1. The first-order valence-electron chi connectivity index (χ1n) is 6.77. The summed E-state index contributed by atoms with van der Waals surface area (Å²) >= 11 is 1.26. The fourth-order valence-electron chi connectivity index (χ4n) is 1.67. The number of benzene rings is 1. The highest BCUT2D eigenvalue weighted by Gasteiger charge is 2.15. The molecule has 0 saturated heterocycles. The minimum absolute atomic E-state index is 0.0445. The zero-order chi connectivity index (χ0) is 18.3. The van der Waals surface area contributed by atoms with Gasteiger partial charge in [0.05, 0.1) is 17.7 Å². The van der Waals surface area contributed by atoms with Crippen molar-refractivity contribution in [3.8, 4) is 12.1 Å². The maximum atomic E-state index is 12.3. The Labute approximate surface area is 149 Å². The summed E-state index contributed by atoms with van der Waals surface area (Å²) in [6.07, 6.45) is 3.55. The lowest BCUT2D eigenvalue weighted by Gasteiger charge is -2.07. The molecule has 0 bridgehead atoms. The van der Waals surface area contributed by atoms with Crippen LogP contribution < -0.4 is 14.8 Å². The van der Waals surface area contributed by atoms with Crippen LogP contribution in [0, 0.1) is 11.5 Å². The summed E-state index contributed by atoms with van der Waals surface area (Å²) in [5.41, 5.74) is 0.510. The molecular formula is C14H14N6O3S2. The summed E-state index contributed by atoms with van der Waals surface area (Å²) < 4.78 is 31.9. The molecule has 1 aromatic heterocycles. The zero-order valence-corrected chi connectivity index (χ0v) is 14.9. The highest BCUT2D eigenvalue weighted by molar-refractivity contribution is 8.13. The molecule has 11 heteroatoms. The second-order valence-electron chi connectivity index (χ2n) is 4.42. The Hall–Kier alpha value is -2.84. The molecule has 1 heterocycles. The Bertz CT molecular complexity index is 890. The number of nitrogens with one attached hydrogen (secondary N) is 2. The summed E-state index contributed by atoms with van der Waals surface area (Å²) in [6, 6.07) is 8.81. The van der Waals surface area contributed by atoms with Crippen molar-refractivity contribution in [3.63, 3.8) is 0 Å². The molecular weight excluding hydrogens is 364 g/mol. The molecule has 0 radical (unpaired) electrons. The Morgan fingerprint density at radius 1 is 1.24 bits per heavy atom. The number of nitrogens with zero attached hydrogens (tertiary/aromatic N) is 4. The van der Waals surface area contributed by atoms with E-state index in [2.05, 4.69) is 25.2 Å². The number of methoxy groups -OCH3 is 1. The average molecular weight is 378 g/mol. The number of aromatic nitrogens is 2. The van der Waals surface area contributed by atoms with Crippen molar-refractivity contribution in [2.45, 2.75) is 4.90 Å². The van der Waals surface area contributed by atoms with Crippen LogP contribution in [0.4, 0.5) is 11.5 Å². The maximum Gasteiger partial charge on any atom is 0.263 e. The Morgan fingerprint density at radius 2 is 1.96 bits per heavy atom. The lowest BCUT2D eigenvalue weighted by molar-refractivity contribution is 0.392.